The molecule has 0 bridgehead atoms. The summed E-state index contributed by atoms with van der Waals surface area (Å²) in [5, 5.41) is 1.34. The maximum absolute atomic E-state index is 12.6. The van der Waals surface area contributed by atoms with Gasteiger partial charge in [0.25, 0.3) is 5.91 Å². The van der Waals surface area contributed by atoms with Crippen LogP contribution in [0.15, 0.2) is 58.0 Å². The van der Waals surface area contributed by atoms with E-state index >= 15 is 0 Å². The van der Waals surface area contributed by atoms with Gasteiger partial charge in [-0.3, -0.25) is 14.7 Å². The van der Waals surface area contributed by atoms with Gasteiger partial charge in [-0.1, -0.05) is 57.5 Å². The Kier molecular flexibility index (Phi) is 5.41. The summed E-state index contributed by atoms with van der Waals surface area (Å²) in [6.07, 6.45) is 0. The third-order valence-corrected chi connectivity index (χ3v) is 5.25. The van der Waals surface area contributed by atoms with Gasteiger partial charge in [-0.15, -0.1) is 0 Å². The summed E-state index contributed by atoms with van der Waals surface area (Å²) in [4.78, 5) is 18.8. The first-order chi connectivity index (χ1) is 11.1. The lowest BCUT2D eigenvalue weighted by Crippen LogP contribution is -2.32. The van der Waals surface area contributed by atoms with Crippen LogP contribution in [0.25, 0.3) is 0 Å². The third kappa shape index (κ3) is 4.16. The normalized spacial score (nSPS) is 14.0. The molecule has 0 spiro atoms. The fourth-order valence-corrected chi connectivity index (χ4v) is 3.70. The summed E-state index contributed by atoms with van der Waals surface area (Å²) in [6.45, 7) is 1.27. The molecule has 0 fully saturated rings. The molecule has 1 heterocycles. The number of amides is 1. The number of carbonyl (C=O) groups excluding carboxylic acids is 1. The Morgan fingerprint density at radius 1 is 1.26 bits per heavy atom. The molecule has 0 aromatic heterocycles. The van der Waals surface area contributed by atoms with E-state index in [-0.39, 0.29) is 5.91 Å². The predicted molar refractivity (Wildman–Crippen MR) is 100 cm³/mol. The van der Waals surface area contributed by atoms with Crippen LogP contribution in [0.4, 0.5) is 0 Å². The van der Waals surface area contributed by atoms with Gasteiger partial charge in [-0.2, -0.15) is 0 Å². The van der Waals surface area contributed by atoms with E-state index in [2.05, 4.69) is 33.1 Å². The van der Waals surface area contributed by atoms with E-state index in [9.17, 15) is 4.79 Å². The third-order valence-electron chi connectivity index (χ3n) is 3.40. The minimum absolute atomic E-state index is 0.0490. The molecule has 118 valence electrons. The summed E-state index contributed by atoms with van der Waals surface area (Å²) in [5.41, 5.74) is 1.79. The zero-order valence-corrected chi connectivity index (χ0v) is 15.4. The van der Waals surface area contributed by atoms with Crippen LogP contribution in [0.1, 0.15) is 15.9 Å². The summed E-state index contributed by atoms with van der Waals surface area (Å²) in [7, 11) is 0. The van der Waals surface area contributed by atoms with Crippen molar-refractivity contribution in [2.24, 2.45) is 4.99 Å². The molecule has 0 unspecified atom stereocenters. The largest absolute Gasteiger partial charge is 0.286 e. The second-order valence-corrected chi connectivity index (χ2v) is 7.34. The van der Waals surface area contributed by atoms with Crippen molar-refractivity contribution in [3.63, 3.8) is 0 Å². The molecule has 23 heavy (non-hydrogen) atoms. The van der Waals surface area contributed by atoms with Crippen LogP contribution in [-0.2, 0) is 5.75 Å². The second-order valence-electron chi connectivity index (χ2n) is 5.05. The van der Waals surface area contributed by atoms with Crippen LogP contribution in [0.3, 0.4) is 0 Å². The Morgan fingerprint density at radius 3 is 2.78 bits per heavy atom. The second kappa shape index (κ2) is 7.51. The van der Waals surface area contributed by atoms with Gasteiger partial charge in [0.05, 0.1) is 6.54 Å². The standard InChI is InChI=1S/C17H14BrClN2OS/c18-14-6-4-12(5-7-14)11-23-17-20-8-9-21(17)16(22)13-2-1-3-15(19)10-13/h1-7,10H,8-9,11H2. The molecule has 2 aromatic rings. The Hall–Kier alpha value is -1.30. The first-order valence-corrected chi connectivity index (χ1v) is 9.28. The highest BCUT2D eigenvalue weighted by Crippen LogP contribution is 2.23. The molecule has 1 aliphatic rings. The molecule has 0 saturated heterocycles. The Labute approximate surface area is 152 Å². The van der Waals surface area contributed by atoms with E-state index in [1.165, 1.54) is 5.56 Å². The minimum atomic E-state index is -0.0490. The Balaban J connectivity index is 1.67. The first-order valence-electron chi connectivity index (χ1n) is 7.12. The number of hydrogen-bond donors (Lipinski definition) is 0. The van der Waals surface area contributed by atoms with E-state index in [1.54, 1.807) is 40.9 Å². The van der Waals surface area contributed by atoms with Crippen molar-refractivity contribution in [3.05, 3.63) is 69.2 Å². The molecule has 0 saturated carbocycles. The lowest BCUT2D eigenvalue weighted by molar-refractivity contribution is 0.0860. The number of thioether (sulfide) groups is 1. The number of nitrogens with zero attached hydrogens (tertiary/aromatic N) is 2. The van der Waals surface area contributed by atoms with Gasteiger partial charge in [-0.25, -0.2) is 0 Å². The van der Waals surface area contributed by atoms with Crippen LogP contribution in [0.5, 0.6) is 0 Å². The lowest BCUT2D eigenvalue weighted by Gasteiger charge is -2.18. The first kappa shape index (κ1) is 16.6. The molecule has 0 N–H and O–H groups in total. The molecular weight excluding hydrogens is 396 g/mol. The predicted octanol–water partition coefficient (Wildman–Crippen LogP) is 4.85. The monoisotopic (exact) mass is 408 g/mol. The average molecular weight is 410 g/mol. The number of hydrogen-bond acceptors (Lipinski definition) is 3. The van der Waals surface area contributed by atoms with Crippen LogP contribution >= 0.6 is 39.3 Å². The fourth-order valence-electron chi connectivity index (χ4n) is 2.24. The molecule has 0 atom stereocenters. The SMILES string of the molecule is O=C(c1cccc(Cl)c1)N1CCN=C1SCc1ccc(Br)cc1. The van der Waals surface area contributed by atoms with Gasteiger partial charge in [0.15, 0.2) is 5.17 Å². The molecular formula is C17H14BrClN2OS. The Morgan fingerprint density at radius 2 is 2.04 bits per heavy atom. The summed E-state index contributed by atoms with van der Waals surface area (Å²) < 4.78 is 1.06. The fraction of sp³-hybridized carbons (Fsp3) is 0.176. The topological polar surface area (TPSA) is 32.7 Å². The summed E-state index contributed by atoms with van der Waals surface area (Å²) in [5.74, 6) is 0.734. The number of benzene rings is 2. The average Bonchev–Trinajstić information content (AvgIpc) is 3.02. The van der Waals surface area contributed by atoms with Crippen molar-refractivity contribution in [2.75, 3.05) is 13.1 Å². The molecule has 2 aromatic carbocycles. The van der Waals surface area contributed by atoms with Gasteiger partial charge in [0.1, 0.15) is 0 Å². The molecule has 0 aliphatic carbocycles. The van der Waals surface area contributed by atoms with E-state index in [0.29, 0.717) is 23.7 Å². The van der Waals surface area contributed by atoms with Crippen molar-refractivity contribution in [1.29, 1.82) is 0 Å². The van der Waals surface area contributed by atoms with Gasteiger partial charge >= 0.3 is 0 Å². The van der Waals surface area contributed by atoms with Gasteiger partial charge in [0, 0.05) is 27.4 Å². The highest BCUT2D eigenvalue weighted by molar-refractivity contribution is 9.10. The van der Waals surface area contributed by atoms with E-state index in [1.807, 2.05) is 12.1 Å². The van der Waals surface area contributed by atoms with Crippen molar-refractivity contribution < 1.29 is 4.79 Å². The number of aliphatic imine (C=N–C) groups is 1. The minimum Gasteiger partial charge on any atom is -0.286 e. The summed E-state index contributed by atoms with van der Waals surface area (Å²) in [6, 6.07) is 15.2. The van der Waals surface area contributed by atoms with E-state index in [0.717, 1.165) is 15.4 Å². The number of halogens is 2. The van der Waals surface area contributed by atoms with Crippen molar-refractivity contribution in [1.82, 2.24) is 4.90 Å². The smallest absolute Gasteiger partial charge is 0.259 e. The Bertz CT molecular complexity index is 749. The zero-order chi connectivity index (χ0) is 16.2. The molecule has 1 aliphatic heterocycles. The molecule has 0 radical (unpaired) electrons. The quantitative estimate of drug-likeness (QED) is 0.726. The maximum Gasteiger partial charge on any atom is 0.259 e. The molecule has 1 amide bonds. The van der Waals surface area contributed by atoms with Gasteiger partial charge in [-0.05, 0) is 35.9 Å². The number of rotatable bonds is 3. The van der Waals surface area contributed by atoms with Crippen LogP contribution in [-0.4, -0.2) is 29.1 Å². The molecule has 6 heteroatoms. The van der Waals surface area contributed by atoms with Crippen molar-refractivity contribution in [2.45, 2.75) is 5.75 Å². The van der Waals surface area contributed by atoms with Crippen LogP contribution < -0.4 is 0 Å². The van der Waals surface area contributed by atoms with Gasteiger partial charge in [0.2, 0.25) is 0 Å². The zero-order valence-electron chi connectivity index (χ0n) is 12.2. The maximum atomic E-state index is 12.6. The van der Waals surface area contributed by atoms with E-state index in [4.69, 9.17) is 11.6 Å². The number of amidine groups is 1. The number of carbonyl (C=O) groups is 1. The molecule has 3 rings (SSSR count). The highest BCUT2D eigenvalue weighted by atomic mass is 79.9. The van der Waals surface area contributed by atoms with Crippen LogP contribution in [0, 0.1) is 0 Å². The lowest BCUT2D eigenvalue weighted by atomic mass is 10.2. The van der Waals surface area contributed by atoms with Gasteiger partial charge < -0.3 is 0 Å². The highest BCUT2D eigenvalue weighted by Gasteiger charge is 2.25. The van der Waals surface area contributed by atoms with Crippen molar-refractivity contribution in [3.8, 4) is 0 Å². The van der Waals surface area contributed by atoms with Crippen molar-refractivity contribution >= 4 is 50.4 Å². The summed E-state index contributed by atoms with van der Waals surface area (Å²) >= 11 is 11.0. The van der Waals surface area contributed by atoms with E-state index < -0.39 is 0 Å². The van der Waals surface area contributed by atoms with Crippen LogP contribution in [0.2, 0.25) is 5.02 Å². The molecule has 3 nitrogen and oxygen atoms in total.